The number of Topliss-reactive ketones (excluding diaryl/α,β-unsaturated/α-hetero) is 1. The molecule has 1 aliphatic carbocycles. The van der Waals surface area contributed by atoms with Gasteiger partial charge < -0.3 is 10.0 Å². The maximum absolute atomic E-state index is 14.1. The van der Waals surface area contributed by atoms with Crippen molar-refractivity contribution < 1.29 is 9.90 Å². The summed E-state index contributed by atoms with van der Waals surface area (Å²) in [6.07, 6.45) is 0. The van der Waals surface area contributed by atoms with Crippen LogP contribution in [0.1, 0.15) is 91.6 Å². The highest BCUT2D eigenvalue weighted by Crippen LogP contribution is 2.52. The number of carbonyl (C=O) groups is 1. The van der Waals surface area contributed by atoms with E-state index >= 15 is 0 Å². The molecule has 0 saturated heterocycles. The second-order valence-electron chi connectivity index (χ2n) is 13.4. The molecule has 3 aliphatic rings. The molecule has 0 amide bonds. The van der Waals surface area contributed by atoms with Gasteiger partial charge in [0.1, 0.15) is 12.8 Å². The van der Waals surface area contributed by atoms with Crippen LogP contribution in [0.15, 0.2) is 5.76 Å². The van der Waals surface area contributed by atoms with E-state index in [1.807, 2.05) is 0 Å². The third kappa shape index (κ3) is 2.87. The van der Waals surface area contributed by atoms with Crippen LogP contribution in [0.4, 0.5) is 5.69 Å². The molecule has 0 fully saturated rings. The molecule has 2 aromatic carbocycles. The molecule has 0 bridgehead atoms. The summed E-state index contributed by atoms with van der Waals surface area (Å²) in [7, 11) is 4.34. The van der Waals surface area contributed by atoms with Crippen LogP contribution in [0, 0.1) is 41.5 Å². The fourth-order valence-corrected chi connectivity index (χ4v) is 8.12. The molecule has 2 aromatic rings. The molecule has 2 heterocycles. The highest BCUT2D eigenvalue weighted by Gasteiger charge is 2.48. The lowest BCUT2D eigenvalue weighted by Gasteiger charge is -2.30. The van der Waals surface area contributed by atoms with Crippen molar-refractivity contribution in [1.29, 1.82) is 0 Å². The summed E-state index contributed by atoms with van der Waals surface area (Å²) in [6, 6.07) is 0.685. The van der Waals surface area contributed by atoms with Gasteiger partial charge in [0.15, 0.2) is 6.04 Å². The third-order valence-electron chi connectivity index (χ3n) is 11.2. The Balaban J connectivity index is 1.86. The predicted molar refractivity (Wildman–Crippen MR) is 159 cm³/mol. The SMILES string of the molecule is Cc1c(C)c2c(c(C)c1C1=C(O)/C(=c3\c(C)c(C)c4c(c3C)C(C)(C)C(C)[N+]=4C)C1=O)C(C)(C)C(C)N2C. The van der Waals surface area contributed by atoms with Gasteiger partial charge in [-0.3, -0.25) is 4.79 Å². The van der Waals surface area contributed by atoms with Crippen molar-refractivity contribution in [3.63, 3.8) is 0 Å². The third-order valence-corrected chi connectivity index (χ3v) is 11.2. The van der Waals surface area contributed by atoms with Gasteiger partial charge in [0.25, 0.3) is 0 Å². The first-order valence-electron chi connectivity index (χ1n) is 14.0. The average molecular weight is 514 g/mol. The normalized spacial score (nSPS) is 24.7. The van der Waals surface area contributed by atoms with Crippen LogP contribution in [0.5, 0.6) is 0 Å². The second-order valence-corrected chi connectivity index (χ2v) is 13.4. The smallest absolute Gasteiger partial charge is 0.207 e. The number of ketones is 1. The van der Waals surface area contributed by atoms with E-state index in [9.17, 15) is 9.90 Å². The van der Waals surface area contributed by atoms with Crippen molar-refractivity contribution in [2.24, 2.45) is 0 Å². The Morgan fingerprint density at radius 2 is 1.34 bits per heavy atom. The maximum Gasteiger partial charge on any atom is 0.207 e. The summed E-state index contributed by atoms with van der Waals surface area (Å²) in [5, 5.41) is 13.9. The highest BCUT2D eigenvalue weighted by molar-refractivity contribution is 6.52. The van der Waals surface area contributed by atoms with Crippen molar-refractivity contribution in [3.8, 4) is 0 Å². The van der Waals surface area contributed by atoms with Gasteiger partial charge in [-0.25, -0.2) is 4.58 Å². The van der Waals surface area contributed by atoms with E-state index in [2.05, 4.69) is 107 Å². The van der Waals surface area contributed by atoms with E-state index in [0.717, 1.165) is 33.0 Å². The fourth-order valence-electron chi connectivity index (χ4n) is 8.12. The first-order chi connectivity index (χ1) is 17.4. The van der Waals surface area contributed by atoms with Crippen LogP contribution in [-0.2, 0) is 15.6 Å². The number of aliphatic hydroxyl groups is 1. The first-order valence-corrected chi connectivity index (χ1v) is 14.0. The number of hydrogen-bond donors (Lipinski definition) is 1. The standard InChI is InChI=1S/C34H44N2O2/c1-15-17(3)29-27(33(9,10)21(7)35(29)13)19(5)23(15)25-31(37)26(32(25)38)24-16(2)18(4)30-28(20(24)6)34(11,12)22(8)36(30)14/h21-22H,1-14H3/p+1. The number of rotatable bonds is 1. The summed E-state index contributed by atoms with van der Waals surface area (Å²) in [4.78, 5) is 16.5. The molecule has 2 aliphatic heterocycles. The Morgan fingerprint density at radius 1 is 0.763 bits per heavy atom. The monoisotopic (exact) mass is 513 g/mol. The summed E-state index contributed by atoms with van der Waals surface area (Å²) in [6.45, 7) is 26.5. The van der Waals surface area contributed by atoms with E-state index in [4.69, 9.17) is 0 Å². The molecular formula is C34H45N2O2+. The first kappa shape index (κ1) is 26.7. The molecule has 0 aromatic heterocycles. The summed E-state index contributed by atoms with van der Waals surface area (Å²) in [5.41, 5.74) is 12.4. The van der Waals surface area contributed by atoms with Crippen molar-refractivity contribution in [1.82, 2.24) is 4.58 Å². The number of aliphatic hydroxyl groups excluding tert-OH is 1. The van der Waals surface area contributed by atoms with Gasteiger partial charge in [0.05, 0.1) is 16.6 Å². The zero-order chi connectivity index (χ0) is 28.5. The summed E-state index contributed by atoms with van der Waals surface area (Å²) < 4.78 is 2.38. The molecule has 0 spiro atoms. The molecule has 38 heavy (non-hydrogen) atoms. The number of allylic oxidation sites excluding steroid dienone is 2. The number of hydrogen-bond acceptors (Lipinski definition) is 3. The molecule has 4 heteroatoms. The Kier molecular flexibility index (Phi) is 5.51. The fraction of sp³-hybridized carbons (Fsp3) is 0.529. The average Bonchev–Trinajstić information content (AvgIpc) is 3.14. The van der Waals surface area contributed by atoms with Crippen LogP contribution >= 0.6 is 0 Å². The summed E-state index contributed by atoms with van der Waals surface area (Å²) >= 11 is 0. The van der Waals surface area contributed by atoms with Crippen LogP contribution in [0.25, 0.3) is 11.1 Å². The minimum absolute atomic E-state index is 0.0342. The van der Waals surface area contributed by atoms with Crippen molar-refractivity contribution in [2.45, 2.75) is 106 Å². The van der Waals surface area contributed by atoms with Gasteiger partial charge >= 0.3 is 0 Å². The van der Waals surface area contributed by atoms with Gasteiger partial charge in [-0.2, -0.15) is 0 Å². The van der Waals surface area contributed by atoms with Crippen molar-refractivity contribution in [2.75, 3.05) is 19.0 Å². The van der Waals surface area contributed by atoms with Gasteiger partial charge in [-0.05, 0) is 113 Å². The molecule has 5 rings (SSSR count). The van der Waals surface area contributed by atoms with Crippen LogP contribution in [0.2, 0.25) is 0 Å². The molecule has 0 radical (unpaired) electrons. The lowest BCUT2D eigenvalue weighted by molar-refractivity contribution is -0.109. The molecule has 0 saturated carbocycles. The number of carbonyl (C=O) groups excluding carboxylic acids is 1. The minimum atomic E-state index is -0.0600. The maximum atomic E-state index is 14.1. The second kappa shape index (κ2) is 7.83. The van der Waals surface area contributed by atoms with Crippen LogP contribution in [0.3, 0.4) is 0 Å². The van der Waals surface area contributed by atoms with E-state index in [-0.39, 0.29) is 22.4 Å². The number of anilines is 1. The number of benzene rings is 2. The molecule has 2 unspecified atom stereocenters. The van der Waals surface area contributed by atoms with Crippen LogP contribution < -0.4 is 20.1 Å². The highest BCUT2D eigenvalue weighted by atomic mass is 16.3. The Morgan fingerprint density at radius 3 is 1.89 bits per heavy atom. The lowest BCUT2D eigenvalue weighted by atomic mass is 9.71. The number of fused-ring (bicyclic) bond motifs is 2. The zero-order valence-corrected chi connectivity index (χ0v) is 25.9. The van der Waals surface area contributed by atoms with Gasteiger partial charge in [-0.15, -0.1) is 0 Å². The predicted octanol–water partition coefficient (Wildman–Crippen LogP) is 5.16. The van der Waals surface area contributed by atoms with Crippen molar-refractivity contribution in [3.05, 3.63) is 66.4 Å². The van der Waals surface area contributed by atoms with Gasteiger partial charge in [-0.1, -0.05) is 13.8 Å². The van der Waals surface area contributed by atoms with E-state index < -0.39 is 0 Å². The number of likely N-dealkylation sites (N-methyl/N-ethyl adjacent to an activating group) is 2. The summed E-state index contributed by atoms with van der Waals surface area (Å²) in [5.74, 6) is 0.119. The largest absolute Gasteiger partial charge is 0.506 e. The Bertz CT molecular complexity index is 1650. The van der Waals surface area contributed by atoms with Gasteiger partial charge in [0.2, 0.25) is 11.1 Å². The minimum Gasteiger partial charge on any atom is -0.506 e. The topological polar surface area (TPSA) is 43.6 Å². The van der Waals surface area contributed by atoms with E-state index in [0.29, 0.717) is 23.2 Å². The Hall–Kier alpha value is -2.88. The lowest BCUT2D eigenvalue weighted by Crippen LogP contribution is -2.37. The molecular weight excluding hydrogens is 468 g/mol. The molecule has 2 atom stereocenters. The Labute approximate surface area is 228 Å². The van der Waals surface area contributed by atoms with E-state index in [1.54, 1.807) is 0 Å². The quantitative estimate of drug-likeness (QED) is 0.536. The number of nitrogens with zero attached hydrogens (tertiary/aromatic N) is 2. The molecule has 4 nitrogen and oxygen atoms in total. The van der Waals surface area contributed by atoms with Crippen molar-refractivity contribution >= 4 is 22.6 Å². The van der Waals surface area contributed by atoms with E-state index in [1.165, 1.54) is 33.3 Å². The zero-order valence-electron chi connectivity index (χ0n) is 25.9. The molecule has 1 N–H and O–H groups in total. The van der Waals surface area contributed by atoms with Gasteiger partial charge in [0, 0.05) is 35.3 Å². The molecule has 202 valence electrons. The van der Waals surface area contributed by atoms with Crippen LogP contribution in [-0.4, -0.2) is 37.1 Å².